The molecular weight excluding hydrogens is 446 g/mol. The van der Waals surface area contributed by atoms with Crippen molar-refractivity contribution >= 4 is 27.8 Å². The third kappa shape index (κ3) is 5.80. The van der Waals surface area contributed by atoms with Crippen LogP contribution in [0.25, 0.3) is 0 Å². The van der Waals surface area contributed by atoms with E-state index in [0.717, 1.165) is 0 Å². The number of nitrogens with one attached hydrogen (secondary N) is 2. The average Bonchev–Trinajstić information content (AvgIpc) is 2.84. The molecule has 33 heavy (non-hydrogen) atoms. The normalized spacial score (nSPS) is 11.1. The Bertz CT molecular complexity index is 1270. The third-order valence-corrected chi connectivity index (χ3v) is 5.93. The minimum absolute atomic E-state index is 0.0816. The molecule has 0 aliphatic heterocycles. The van der Waals surface area contributed by atoms with Gasteiger partial charge in [-0.3, -0.25) is 9.52 Å². The van der Waals surface area contributed by atoms with Gasteiger partial charge in [-0.05, 0) is 42.5 Å². The van der Waals surface area contributed by atoms with Crippen molar-refractivity contribution in [3.63, 3.8) is 0 Å². The fraction of sp³-hybridized carbons (Fsp3) is 0.130. The van der Waals surface area contributed by atoms with Crippen molar-refractivity contribution in [2.45, 2.75) is 4.90 Å². The Hall–Kier alpha value is -4.05. The van der Waals surface area contributed by atoms with Crippen molar-refractivity contribution in [2.24, 2.45) is 5.10 Å². The van der Waals surface area contributed by atoms with Gasteiger partial charge < -0.3 is 14.2 Å². The van der Waals surface area contributed by atoms with Gasteiger partial charge in [0.25, 0.3) is 15.9 Å². The first-order valence-electron chi connectivity index (χ1n) is 9.69. The number of methoxy groups -OCH3 is 3. The van der Waals surface area contributed by atoms with Crippen LogP contribution in [0.3, 0.4) is 0 Å². The third-order valence-electron chi connectivity index (χ3n) is 4.57. The van der Waals surface area contributed by atoms with Gasteiger partial charge in [0, 0.05) is 17.2 Å². The van der Waals surface area contributed by atoms with E-state index in [-0.39, 0.29) is 16.1 Å². The number of anilines is 1. The zero-order valence-corrected chi connectivity index (χ0v) is 19.0. The van der Waals surface area contributed by atoms with Crippen LogP contribution in [0.2, 0.25) is 0 Å². The molecule has 1 amide bonds. The van der Waals surface area contributed by atoms with E-state index in [1.54, 1.807) is 49.6 Å². The standard InChI is InChI=1S/C23H23N3O6S/c1-30-18-12-11-17(22(14-18)32-3)15-24-25-23(27)16-7-6-8-19(13-16)33(28,29)26-20-9-4-5-10-21(20)31-2/h4-15,26H,1-3H3,(H,25,27)/b24-15-. The molecule has 0 saturated carbocycles. The van der Waals surface area contributed by atoms with E-state index >= 15 is 0 Å². The summed E-state index contributed by atoms with van der Waals surface area (Å²) in [4.78, 5) is 12.4. The van der Waals surface area contributed by atoms with Gasteiger partial charge in [-0.1, -0.05) is 18.2 Å². The Morgan fingerprint density at radius 2 is 1.64 bits per heavy atom. The Balaban J connectivity index is 1.75. The summed E-state index contributed by atoms with van der Waals surface area (Å²) >= 11 is 0. The van der Waals surface area contributed by atoms with Gasteiger partial charge >= 0.3 is 0 Å². The van der Waals surface area contributed by atoms with Crippen LogP contribution in [-0.2, 0) is 10.0 Å². The molecular formula is C23H23N3O6S. The quantitative estimate of drug-likeness (QED) is 0.367. The van der Waals surface area contributed by atoms with Crippen LogP contribution in [0.1, 0.15) is 15.9 Å². The second kappa shape index (κ2) is 10.5. The molecule has 0 aromatic heterocycles. The number of carbonyl (C=O) groups excluding carboxylic acids is 1. The number of nitrogens with zero attached hydrogens (tertiary/aromatic N) is 1. The second-order valence-electron chi connectivity index (χ2n) is 6.64. The largest absolute Gasteiger partial charge is 0.497 e. The maximum absolute atomic E-state index is 12.8. The van der Waals surface area contributed by atoms with E-state index in [9.17, 15) is 13.2 Å². The highest BCUT2D eigenvalue weighted by Gasteiger charge is 2.18. The Morgan fingerprint density at radius 3 is 2.36 bits per heavy atom. The van der Waals surface area contributed by atoms with Gasteiger partial charge in [-0.25, -0.2) is 13.8 Å². The minimum Gasteiger partial charge on any atom is -0.497 e. The van der Waals surface area contributed by atoms with Crippen molar-refractivity contribution in [1.29, 1.82) is 0 Å². The summed E-state index contributed by atoms with van der Waals surface area (Å²) in [6.45, 7) is 0. The number of para-hydroxylation sites is 2. The van der Waals surface area contributed by atoms with Crippen molar-refractivity contribution in [1.82, 2.24) is 5.43 Å². The van der Waals surface area contributed by atoms with E-state index in [0.29, 0.717) is 22.8 Å². The zero-order chi connectivity index (χ0) is 23.8. The van der Waals surface area contributed by atoms with E-state index in [2.05, 4.69) is 15.2 Å². The van der Waals surface area contributed by atoms with Gasteiger partial charge in [0.15, 0.2) is 0 Å². The monoisotopic (exact) mass is 469 g/mol. The predicted molar refractivity (Wildman–Crippen MR) is 125 cm³/mol. The lowest BCUT2D eigenvalue weighted by molar-refractivity contribution is 0.0955. The zero-order valence-electron chi connectivity index (χ0n) is 18.2. The number of sulfonamides is 1. The summed E-state index contributed by atoms with van der Waals surface area (Å²) in [6, 6.07) is 17.4. The van der Waals surface area contributed by atoms with Crippen molar-refractivity contribution in [3.8, 4) is 17.2 Å². The first-order valence-corrected chi connectivity index (χ1v) is 11.2. The molecule has 3 aromatic rings. The lowest BCUT2D eigenvalue weighted by Crippen LogP contribution is -2.19. The fourth-order valence-corrected chi connectivity index (χ4v) is 4.00. The van der Waals surface area contributed by atoms with Crippen LogP contribution in [-0.4, -0.2) is 41.9 Å². The van der Waals surface area contributed by atoms with E-state index in [4.69, 9.17) is 14.2 Å². The average molecular weight is 470 g/mol. The molecule has 9 nitrogen and oxygen atoms in total. The number of ether oxygens (including phenoxy) is 3. The first-order chi connectivity index (χ1) is 15.9. The number of hydrogen-bond donors (Lipinski definition) is 2. The van der Waals surface area contributed by atoms with Gasteiger partial charge in [-0.2, -0.15) is 5.10 Å². The van der Waals surface area contributed by atoms with Gasteiger partial charge in [0.1, 0.15) is 17.2 Å². The lowest BCUT2D eigenvalue weighted by Gasteiger charge is -2.12. The van der Waals surface area contributed by atoms with Crippen LogP contribution in [0, 0.1) is 0 Å². The van der Waals surface area contributed by atoms with E-state index in [1.807, 2.05) is 0 Å². The fourth-order valence-electron chi connectivity index (χ4n) is 2.89. The van der Waals surface area contributed by atoms with Crippen molar-refractivity contribution in [2.75, 3.05) is 26.1 Å². The molecule has 2 N–H and O–H groups in total. The number of carbonyl (C=O) groups is 1. The molecule has 3 rings (SSSR count). The number of amides is 1. The van der Waals surface area contributed by atoms with Crippen LogP contribution >= 0.6 is 0 Å². The lowest BCUT2D eigenvalue weighted by atomic mass is 10.2. The number of hydrogen-bond acceptors (Lipinski definition) is 7. The number of benzene rings is 3. The van der Waals surface area contributed by atoms with Gasteiger partial charge in [0.2, 0.25) is 0 Å². The van der Waals surface area contributed by atoms with Gasteiger partial charge in [0.05, 0.1) is 38.1 Å². The molecule has 0 bridgehead atoms. The highest BCUT2D eigenvalue weighted by molar-refractivity contribution is 7.92. The summed E-state index contributed by atoms with van der Waals surface area (Å²) < 4.78 is 43.7. The molecule has 10 heteroatoms. The molecule has 0 fully saturated rings. The molecule has 172 valence electrons. The molecule has 0 atom stereocenters. The summed E-state index contributed by atoms with van der Waals surface area (Å²) in [7, 11) is 0.541. The molecule has 0 saturated heterocycles. The highest BCUT2D eigenvalue weighted by atomic mass is 32.2. The SMILES string of the molecule is COc1ccc(/C=N\NC(=O)c2cccc(S(=O)(=O)Nc3ccccc3OC)c2)c(OC)c1. The van der Waals surface area contributed by atoms with Crippen LogP contribution in [0.5, 0.6) is 17.2 Å². The maximum Gasteiger partial charge on any atom is 0.271 e. The topological polar surface area (TPSA) is 115 Å². The van der Waals surface area contributed by atoms with Crippen LogP contribution in [0.15, 0.2) is 76.7 Å². The Kier molecular flexibility index (Phi) is 7.52. The maximum atomic E-state index is 12.8. The predicted octanol–water partition coefficient (Wildman–Crippen LogP) is 3.28. The molecule has 0 aliphatic rings. The summed E-state index contributed by atoms with van der Waals surface area (Å²) in [6.07, 6.45) is 1.42. The highest BCUT2D eigenvalue weighted by Crippen LogP contribution is 2.26. The van der Waals surface area contributed by atoms with Crippen LogP contribution < -0.4 is 24.4 Å². The van der Waals surface area contributed by atoms with Crippen molar-refractivity contribution < 1.29 is 27.4 Å². The molecule has 0 unspecified atom stereocenters. The molecule has 0 spiro atoms. The summed E-state index contributed by atoms with van der Waals surface area (Å²) in [5.41, 5.74) is 3.41. The number of hydrazone groups is 1. The van der Waals surface area contributed by atoms with E-state index < -0.39 is 15.9 Å². The second-order valence-corrected chi connectivity index (χ2v) is 8.32. The Labute approximate surface area is 192 Å². The number of rotatable bonds is 9. The first kappa shape index (κ1) is 23.6. The van der Waals surface area contributed by atoms with Crippen LogP contribution in [0.4, 0.5) is 5.69 Å². The summed E-state index contributed by atoms with van der Waals surface area (Å²) in [5, 5.41) is 3.94. The van der Waals surface area contributed by atoms with Crippen molar-refractivity contribution in [3.05, 3.63) is 77.9 Å². The molecule has 3 aromatic carbocycles. The molecule has 0 radical (unpaired) electrons. The summed E-state index contributed by atoms with van der Waals surface area (Å²) in [5.74, 6) is 0.932. The minimum atomic E-state index is -3.96. The smallest absolute Gasteiger partial charge is 0.271 e. The Morgan fingerprint density at radius 1 is 0.879 bits per heavy atom. The van der Waals surface area contributed by atoms with Gasteiger partial charge in [-0.15, -0.1) is 0 Å². The molecule has 0 heterocycles. The van der Waals surface area contributed by atoms with E-state index in [1.165, 1.54) is 44.7 Å². The molecule has 0 aliphatic carbocycles.